The first-order chi connectivity index (χ1) is 14.5. The average molecular weight is 444 g/mol. The minimum atomic E-state index is -0.339. The molecule has 8 heteroatoms. The second-order valence-electron chi connectivity index (χ2n) is 7.14. The van der Waals surface area contributed by atoms with Gasteiger partial charge < -0.3 is 4.74 Å². The summed E-state index contributed by atoms with van der Waals surface area (Å²) in [5.74, 6) is -0.339. The third-order valence-electron chi connectivity index (χ3n) is 5.15. The van der Waals surface area contributed by atoms with Crippen molar-refractivity contribution in [2.24, 2.45) is 4.99 Å². The number of benzene rings is 1. The minimum Gasteiger partial charge on any atom is -0.462 e. The van der Waals surface area contributed by atoms with Gasteiger partial charge in [-0.3, -0.25) is 9.89 Å². The number of aromatic amines is 1. The highest BCUT2D eigenvalue weighted by Gasteiger charge is 2.26. The van der Waals surface area contributed by atoms with Crippen molar-refractivity contribution in [1.29, 1.82) is 0 Å². The van der Waals surface area contributed by atoms with Crippen LogP contribution in [0.3, 0.4) is 0 Å². The third-order valence-corrected chi connectivity index (χ3v) is 6.60. The van der Waals surface area contributed by atoms with Gasteiger partial charge in [0.2, 0.25) is 0 Å². The summed E-state index contributed by atoms with van der Waals surface area (Å²) in [5.41, 5.74) is 3.23. The number of carbonyl (C=O) groups excluding carboxylic acids is 1. The number of ether oxygens (including phenoxy) is 1. The number of fused-ring (bicyclic) bond motifs is 1. The van der Waals surface area contributed by atoms with Gasteiger partial charge in [-0.05, 0) is 69.4 Å². The van der Waals surface area contributed by atoms with Crippen molar-refractivity contribution in [3.05, 3.63) is 66.9 Å². The Hall–Kier alpha value is -2.64. The number of nitrogens with zero attached hydrogens (tertiary/aromatic N) is 2. The Bertz CT molecular complexity index is 1170. The van der Waals surface area contributed by atoms with Gasteiger partial charge in [0.15, 0.2) is 0 Å². The van der Waals surface area contributed by atoms with Crippen LogP contribution in [0.5, 0.6) is 0 Å². The number of thiophene rings is 1. The summed E-state index contributed by atoms with van der Waals surface area (Å²) in [4.78, 5) is 31.3. The Labute approximate surface area is 183 Å². The van der Waals surface area contributed by atoms with Gasteiger partial charge in [-0.2, -0.15) is 0 Å². The maximum absolute atomic E-state index is 12.9. The van der Waals surface area contributed by atoms with E-state index < -0.39 is 0 Å². The lowest BCUT2D eigenvalue weighted by Crippen LogP contribution is -2.17. The van der Waals surface area contributed by atoms with E-state index in [1.807, 2.05) is 6.92 Å². The molecule has 4 rings (SSSR count). The number of carbonyl (C=O) groups is 1. The van der Waals surface area contributed by atoms with E-state index in [-0.39, 0.29) is 11.5 Å². The highest BCUT2D eigenvalue weighted by Crippen LogP contribution is 2.40. The van der Waals surface area contributed by atoms with E-state index in [1.165, 1.54) is 20.9 Å². The standard InChI is InChI=1S/C22H22ClN3O3S/c1-3-29-22(28)19-16-6-4-5-7-18(16)30-20(19)24-12-17-13(2)25-26(21(17)27)15-10-8-14(23)9-11-15/h8-12,25H,3-7H2,1-2H3/b24-12+. The number of hydrogen-bond donors (Lipinski definition) is 1. The Kier molecular flexibility index (Phi) is 5.92. The molecule has 0 amide bonds. The van der Waals surface area contributed by atoms with E-state index in [2.05, 4.69) is 10.1 Å². The Morgan fingerprint density at radius 1 is 1.30 bits per heavy atom. The molecule has 156 valence electrons. The number of aromatic nitrogens is 2. The molecule has 0 aliphatic heterocycles. The van der Waals surface area contributed by atoms with Gasteiger partial charge in [0.25, 0.3) is 5.56 Å². The van der Waals surface area contributed by atoms with Crippen LogP contribution in [0.1, 0.15) is 51.8 Å². The van der Waals surface area contributed by atoms with Gasteiger partial charge in [-0.25, -0.2) is 14.5 Å². The van der Waals surface area contributed by atoms with Crippen molar-refractivity contribution in [1.82, 2.24) is 9.78 Å². The molecule has 0 saturated heterocycles. The van der Waals surface area contributed by atoms with Crippen LogP contribution in [0.2, 0.25) is 5.02 Å². The first kappa shape index (κ1) is 20.6. The second-order valence-corrected chi connectivity index (χ2v) is 8.66. The first-order valence-corrected chi connectivity index (χ1v) is 11.1. The Balaban J connectivity index is 1.73. The summed E-state index contributed by atoms with van der Waals surface area (Å²) in [5, 5.41) is 4.28. The summed E-state index contributed by atoms with van der Waals surface area (Å²) >= 11 is 7.46. The molecule has 30 heavy (non-hydrogen) atoms. The number of nitrogens with one attached hydrogen (secondary N) is 1. The minimum absolute atomic E-state index is 0.211. The summed E-state index contributed by atoms with van der Waals surface area (Å²) < 4.78 is 6.73. The smallest absolute Gasteiger partial charge is 0.341 e. The van der Waals surface area contributed by atoms with Crippen molar-refractivity contribution in [2.75, 3.05) is 6.61 Å². The molecular formula is C22H22ClN3O3S. The van der Waals surface area contributed by atoms with Crippen molar-refractivity contribution in [2.45, 2.75) is 39.5 Å². The number of H-pyrrole nitrogens is 1. The zero-order chi connectivity index (χ0) is 21.3. The van der Waals surface area contributed by atoms with Crippen LogP contribution >= 0.6 is 22.9 Å². The molecule has 1 aliphatic carbocycles. The number of aryl methyl sites for hydroxylation is 2. The Morgan fingerprint density at radius 2 is 2.03 bits per heavy atom. The van der Waals surface area contributed by atoms with E-state index in [1.54, 1.807) is 37.4 Å². The van der Waals surface area contributed by atoms with Crippen molar-refractivity contribution in [3.63, 3.8) is 0 Å². The maximum Gasteiger partial charge on any atom is 0.341 e. The third kappa shape index (κ3) is 3.87. The van der Waals surface area contributed by atoms with Crippen LogP contribution in [-0.2, 0) is 17.6 Å². The quantitative estimate of drug-likeness (QED) is 0.445. The lowest BCUT2D eigenvalue weighted by atomic mass is 9.95. The summed E-state index contributed by atoms with van der Waals surface area (Å²) in [6, 6.07) is 7.00. The molecule has 1 N–H and O–H groups in total. The molecule has 3 aromatic rings. The predicted octanol–water partition coefficient (Wildman–Crippen LogP) is 5.00. The fourth-order valence-corrected chi connectivity index (χ4v) is 5.01. The molecule has 2 aromatic heterocycles. The zero-order valence-corrected chi connectivity index (χ0v) is 18.4. The molecule has 0 fully saturated rings. The average Bonchev–Trinajstić information content (AvgIpc) is 3.24. The van der Waals surface area contributed by atoms with Crippen LogP contribution in [-0.4, -0.2) is 28.6 Å². The van der Waals surface area contributed by atoms with Crippen molar-refractivity contribution < 1.29 is 9.53 Å². The second kappa shape index (κ2) is 8.62. The SMILES string of the molecule is CCOC(=O)c1c(/N=C/c2c(C)[nH]n(-c3ccc(Cl)cc3)c2=O)sc2c1CCCC2. The van der Waals surface area contributed by atoms with Crippen LogP contribution < -0.4 is 5.56 Å². The number of esters is 1. The van der Waals surface area contributed by atoms with E-state index in [9.17, 15) is 9.59 Å². The van der Waals surface area contributed by atoms with E-state index in [0.717, 1.165) is 31.2 Å². The van der Waals surface area contributed by atoms with Gasteiger partial charge in [0.05, 0.1) is 23.4 Å². The molecule has 1 aromatic carbocycles. The molecule has 0 atom stereocenters. The van der Waals surface area contributed by atoms with Crippen molar-refractivity contribution in [3.8, 4) is 5.69 Å². The molecule has 0 unspecified atom stereocenters. The molecule has 1 aliphatic rings. The molecule has 0 bridgehead atoms. The first-order valence-electron chi connectivity index (χ1n) is 9.93. The number of halogens is 1. The summed E-state index contributed by atoms with van der Waals surface area (Å²) in [6.07, 6.45) is 5.53. The lowest BCUT2D eigenvalue weighted by Gasteiger charge is -2.11. The Morgan fingerprint density at radius 3 is 2.77 bits per heavy atom. The molecular weight excluding hydrogens is 422 g/mol. The van der Waals surface area contributed by atoms with Gasteiger partial charge in [-0.1, -0.05) is 11.6 Å². The molecule has 0 spiro atoms. The number of rotatable bonds is 5. The van der Waals surface area contributed by atoms with Gasteiger partial charge in [0, 0.05) is 21.8 Å². The van der Waals surface area contributed by atoms with E-state index in [0.29, 0.717) is 39.1 Å². The monoisotopic (exact) mass is 443 g/mol. The summed E-state index contributed by atoms with van der Waals surface area (Å²) in [6.45, 7) is 3.93. The van der Waals surface area contributed by atoms with Crippen LogP contribution in [0, 0.1) is 6.92 Å². The van der Waals surface area contributed by atoms with E-state index >= 15 is 0 Å². The largest absolute Gasteiger partial charge is 0.462 e. The van der Waals surface area contributed by atoms with Crippen LogP contribution in [0.4, 0.5) is 5.00 Å². The lowest BCUT2D eigenvalue weighted by molar-refractivity contribution is 0.0526. The van der Waals surface area contributed by atoms with Gasteiger partial charge in [0.1, 0.15) is 5.00 Å². The van der Waals surface area contributed by atoms with E-state index in [4.69, 9.17) is 16.3 Å². The topological polar surface area (TPSA) is 76.4 Å². The molecule has 2 heterocycles. The number of aliphatic imine (C=N–C) groups is 1. The van der Waals surface area contributed by atoms with Crippen LogP contribution in [0.25, 0.3) is 5.69 Å². The molecule has 6 nitrogen and oxygen atoms in total. The molecule has 0 saturated carbocycles. The fourth-order valence-electron chi connectivity index (χ4n) is 3.66. The van der Waals surface area contributed by atoms with Crippen LogP contribution in [0.15, 0.2) is 34.1 Å². The fraction of sp³-hybridized carbons (Fsp3) is 0.318. The number of hydrogen-bond acceptors (Lipinski definition) is 5. The van der Waals surface area contributed by atoms with Crippen molar-refractivity contribution >= 4 is 40.1 Å². The zero-order valence-electron chi connectivity index (χ0n) is 16.8. The highest BCUT2D eigenvalue weighted by atomic mass is 35.5. The summed E-state index contributed by atoms with van der Waals surface area (Å²) in [7, 11) is 0. The predicted molar refractivity (Wildman–Crippen MR) is 120 cm³/mol. The normalized spacial score (nSPS) is 13.6. The molecule has 0 radical (unpaired) electrons. The van der Waals surface area contributed by atoms with Gasteiger partial charge >= 0.3 is 5.97 Å². The van der Waals surface area contributed by atoms with Gasteiger partial charge in [-0.15, -0.1) is 11.3 Å². The highest BCUT2D eigenvalue weighted by molar-refractivity contribution is 7.16. The maximum atomic E-state index is 12.9.